The molecule has 0 spiro atoms. The van der Waals surface area contributed by atoms with Crippen LogP contribution in [-0.2, 0) is 4.79 Å². The number of aryl methyl sites for hydroxylation is 1. The number of Topliss-reactive ketones (excluding diaryl/α,β-unsaturated/α-hetero) is 1. The zero-order chi connectivity index (χ0) is 10.9. The Morgan fingerprint density at radius 3 is 2.50 bits per heavy atom. The molecule has 0 atom stereocenters. The van der Waals surface area contributed by atoms with E-state index in [1.54, 1.807) is 0 Å². The highest BCUT2D eigenvalue weighted by atomic mass is 35.5. The number of halogens is 2. The molecule has 0 heterocycles. The van der Waals surface area contributed by atoms with Gasteiger partial charge in [-0.25, -0.2) is 4.39 Å². The Kier molecular flexibility index (Phi) is 2.86. The molecule has 74 valence electrons. The summed E-state index contributed by atoms with van der Waals surface area (Å²) >= 11 is 5.65. The van der Waals surface area contributed by atoms with Crippen LogP contribution in [0, 0.1) is 12.7 Å². The highest BCUT2D eigenvalue weighted by Crippen LogP contribution is 2.20. The molecule has 0 aliphatic heterocycles. The van der Waals surface area contributed by atoms with E-state index in [-0.39, 0.29) is 10.6 Å². The van der Waals surface area contributed by atoms with E-state index in [0.717, 1.165) is 6.07 Å². The first kappa shape index (κ1) is 10.7. The first-order valence-electron chi connectivity index (χ1n) is 3.73. The summed E-state index contributed by atoms with van der Waals surface area (Å²) in [5.74, 6) is -2.75. The first-order valence-corrected chi connectivity index (χ1v) is 4.11. The normalized spacial score (nSPS) is 9.93. The van der Waals surface area contributed by atoms with Crippen LogP contribution < -0.4 is 5.73 Å². The van der Waals surface area contributed by atoms with Crippen LogP contribution in [-0.4, -0.2) is 11.7 Å². The van der Waals surface area contributed by atoms with E-state index < -0.39 is 17.5 Å². The van der Waals surface area contributed by atoms with Gasteiger partial charge in [0.25, 0.3) is 11.7 Å². The summed E-state index contributed by atoms with van der Waals surface area (Å²) < 4.78 is 13.0. The Labute approximate surface area is 84.7 Å². The van der Waals surface area contributed by atoms with Gasteiger partial charge in [0, 0.05) is 5.56 Å². The van der Waals surface area contributed by atoms with Crippen LogP contribution in [0.15, 0.2) is 12.1 Å². The van der Waals surface area contributed by atoms with E-state index in [1.165, 1.54) is 13.0 Å². The molecular formula is C9H7ClFNO2. The molecular weight excluding hydrogens is 209 g/mol. The van der Waals surface area contributed by atoms with Crippen LogP contribution in [0.5, 0.6) is 0 Å². The van der Waals surface area contributed by atoms with Gasteiger partial charge >= 0.3 is 0 Å². The summed E-state index contributed by atoms with van der Waals surface area (Å²) in [5.41, 5.74) is 4.85. The second-order valence-electron chi connectivity index (χ2n) is 2.77. The minimum atomic E-state index is -1.16. The molecule has 1 aromatic carbocycles. The van der Waals surface area contributed by atoms with Crippen molar-refractivity contribution in [2.75, 3.05) is 0 Å². The summed E-state index contributed by atoms with van der Waals surface area (Å²) in [6, 6.07) is 2.18. The number of hydrogen-bond acceptors (Lipinski definition) is 2. The maximum Gasteiger partial charge on any atom is 0.289 e. The molecule has 1 amide bonds. The summed E-state index contributed by atoms with van der Waals surface area (Å²) in [4.78, 5) is 21.6. The number of rotatable bonds is 2. The minimum Gasteiger partial charge on any atom is -0.363 e. The van der Waals surface area contributed by atoms with Crippen molar-refractivity contribution in [3.63, 3.8) is 0 Å². The third-order valence-electron chi connectivity index (χ3n) is 1.72. The molecule has 3 nitrogen and oxygen atoms in total. The van der Waals surface area contributed by atoms with E-state index in [4.69, 9.17) is 17.3 Å². The number of nitrogens with two attached hydrogens (primary N) is 1. The van der Waals surface area contributed by atoms with Gasteiger partial charge in [-0.15, -0.1) is 0 Å². The molecule has 0 fully saturated rings. The zero-order valence-electron chi connectivity index (χ0n) is 7.30. The third-order valence-corrected chi connectivity index (χ3v) is 2.03. The van der Waals surface area contributed by atoms with Crippen molar-refractivity contribution in [2.24, 2.45) is 5.73 Å². The average Bonchev–Trinajstić information content (AvgIpc) is 2.10. The lowest BCUT2D eigenvalue weighted by atomic mass is 10.1. The van der Waals surface area contributed by atoms with Gasteiger partial charge in [-0.2, -0.15) is 0 Å². The largest absolute Gasteiger partial charge is 0.363 e. The topological polar surface area (TPSA) is 60.2 Å². The molecule has 1 aromatic rings. The van der Waals surface area contributed by atoms with Gasteiger partial charge < -0.3 is 5.73 Å². The maximum absolute atomic E-state index is 13.0. The Bertz CT molecular complexity index is 418. The summed E-state index contributed by atoms with van der Waals surface area (Å²) in [5, 5.41) is 0.0210. The van der Waals surface area contributed by atoms with E-state index in [1.807, 2.05) is 0 Å². The monoisotopic (exact) mass is 215 g/mol. The highest BCUT2D eigenvalue weighted by molar-refractivity contribution is 6.46. The zero-order valence-corrected chi connectivity index (χ0v) is 8.06. The Morgan fingerprint density at radius 2 is 2.00 bits per heavy atom. The van der Waals surface area contributed by atoms with Crippen molar-refractivity contribution in [2.45, 2.75) is 6.92 Å². The number of ketones is 1. The van der Waals surface area contributed by atoms with Crippen LogP contribution >= 0.6 is 11.6 Å². The van der Waals surface area contributed by atoms with Gasteiger partial charge in [0.05, 0.1) is 5.02 Å². The van der Waals surface area contributed by atoms with Gasteiger partial charge in [0.1, 0.15) is 5.82 Å². The van der Waals surface area contributed by atoms with Crippen molar-refractivity contribution >= 4 is 23.3 Å². The number of benzene rings is 1. The Balaban J connectivity index is 3.29. The average molecular weight is 216 g/mol. The lowest BCUT2D eigenvalue weighted by molar-refractivity contribution is -0.114. The molecule has 0 saturated carbocycles. The molecule has 0 saturated heterocycles. The first-order chi connectivity index (χ1) is 6.43. The lowest BCUT2D eigenvalue weighted by Gasteiger charge is -2.02. The summed E-state index contributed by atoms with van der Waals surface area (Å²) in [7, 11) is 0. The van der Waals surface area contributed by atoms with Gasteiger partial charge in [-0.1, -0.05) is 11.6 Å². The van der Waals surface area contributed by atoms with Crippen molar-refractivity contribution in [1.29, 1.82) is 0 Å². The van der Waals surface area contributed by atoms with Crippen molar-refractivity contribution in [3.05, 3.63) is 34.1 Å². The second kappa shape index (κ2) is 3.75. The molecule has 0 aliphatic rings. The SMILES string of the molecule is Cc1cc(Cl)c(C(=O)C(N)=O)cc1F. The maximum atomic E-state index is 13.0. The van der Waals surface area contributed by atoms with Crippen LogP contribution in [0.3, 0.4) is 0 Å². The van der Waals surface area contributed by atoms with E-state index in [2.05, 4.69) is 0 Å². The van der Waals surface area contributed by atoms with Gasteiger partial charge in [0.15, 0.2) is 0 Å². The van der Waals surface area contributed by atoms with E-state index >= 15 is 0 Å². The Hall–Kier alpha value is -1.42. The molecule has 14 heavy (non-hydrogen) atoms. The van der Waals surface area contributed by atoms with Crippen molar-refractivity contribution in [1.82, 2.24) is 0 Å². The fraction of sp³-hybridized carbons (Fsp3) is 0.111. The standard InChI is InChI=1S/C9H7ClFNO2/c1-4-2-6(10)5(3-7(4)11)8(13)9(12)14/h2-3H,1H3,(H2,12,14). The van der Waals surface area contributed by atoms with Gasteiger partial charge in [0.2, 0.25) is 0 Å². The van der Waals surface area contributed by atoms with E-state index in [9.17, 15) is 14.0 Å². The molecule has 0 bridgehead atoms. The minimum absolute atomic E-state index is 0.0210. The number of carbonyl (C=O) groups excluding carboxylic acids is 2. The fourth-order valence-electron chi connectivity index (χ4n) is 0.953. The Morgan fingerprint density at radius 1 is 1.43 bits per heavy atom. The molecule has 0 radical (unpaired) electrons. The number of hydrogen-bond donors (Lipinski definition) is 1. The quantitative estimate of drug-likeness (QED) is 0.600. The molecule has 0 aliphatic carbocycles. The molecule has 0 unspecified atom stereocenters. The van der Waals surface area contributed by atoms with Crippen molar-refractivity contribution < 1.29 is 14.0 Å². The third kappa shape index (κ3) is 1.90. The van der Waals surface area contributed by atoms with Crippen LogP contribution in [0.1, 0.15) is 15.9 Å². The molecule has 0 aromatic heterocycles. The highest BCUT2D eigenvalue weighted by Gasteiger charge is 2.17. The number of carbonyl (C=O) groups is 2. The van der Waals surface area contributed by atoms with Crippen LogP contribution in [0.4, 0.5) is 4.39 Å². The molecule has 2 N–H and O–H groups in total. The van der Waals surface area contributed by atoms with Crippen LogP contribution in [0.2, 0.25) is 5.02 Å². The predicted molar refractivity (Wildman–Crippen MR) is 49.7 cm³/mol. The van der Waals surface area contributed by atoms with E-state index in [0.29, 0.717) is 5.56 Å². The molecule has 5 heteroatoms. The van der Waals surface area contributed by atoms with Gasteiger partial charge in [-0.3, -0.25) is 9.59 Å². The number of primary amides is 1. The van der Waals surface area contributed by atoms with Crippen LogP contribution in [0.25, 0.3) is 0 Å². The van der Waals surface area contributed by atoms with Crippen molar-refractivity contribution in [3.8, 4) is 0 Å². The fourth-order valence-corrected chi connectivity index (χ4v) is 1.26. The smallest absolute Gasteiger partial charge is 0.289 e. The van der Waals surface area contributed by atoms with Gasteiger partial charge in [-0.05, 0) is 24.6 Å². The second-order valence-corrected chi connectivity index (χ2v) is 3.18. The summed E-state index contributed by atoms with van der Waals surface area (Å²) in [6.07, 6.45) is 0. The predicted octanol–water partition coefficient (Wildman–Crippen LogP) is 1.46. The lowest BCUT2D eigenvalue weighted by Crippen LogP contribution is -2.23. The number of amides is 1. The molecule has 1 rings (SSSR count). The summed E-state index contributed by atoms with van der Waals surface area (Å²) in [6.45, 7) is 1.50.